The predicted octanol–water partition coefficient (Wildman–Crippen LogP) is 2.44. The third-order valence-corrected chi connectivity index (χ3v) is 5.47. The van der Waals surface area contributed by atoms with E-state index < -0.39 is 5.66 Å². The van der Waals surface area contributed by atoms with Gasteiger partial charge >= 0.3 is 0 Å². The molecule has 0 saturated carbocycles. The van der Waals surface area contributed by atoms with E-state index in [1.54, 1.807) is 16.7 Å². The van der Waals surface area contributed by atoms with Crippen LogP contribution in [-0.4, -0.2) is 20.4 Å². The highest BCUT2D eigenvalue weighted by atomic mass is 16.2. The lowest BCUT2D eigenvalue weighted by Gasteiger charge is -2.39. The number of hydrogen-bond acceptors (Lipinski definition) is 6. The molecule has 146 valence electrons. The fraction of sp³-hybridized carbons (Fsp3) is 0.400. The Labute approximate surface area is 162 Å². The first-order chi connectivity index (χ1) is 13.3. The second-order valence-corrected chi connectivity index (χ2v) is 7.70. The Morgan fingerprint density at radius 3 is 2.79 bits per heavy atom. The molecule has 1 amide bonds. The van der Waals surface area contributed by atoms with E-state index in [2.05, 4.69) is 40.5 Å². The number of nitrogens with two attached hydrogens (primary N) is 1. The molecule has 1 aliphatic carbocycles. The number of carbonyl (C=O) groups excluding carboxylic acids is 1. The van der Waals surface area contributed by atoms with E-state index in [1.165, 1.54) is 6.33 Å². The van der Waals surface area contributed by atoms with E-state index >= 15 is 0 Å². The maximum absolute atomic E-state index is 13.5. The molecule has 1 unspecified atom stereocenters. The number of aryl methyl sites for hydroxylation is 1. The number of carbonyl (C=O) groups is 1. The molecule has 2 aromatic rings. The molecule has 2 aliphatic rings. The number of fused-ring (bicyclic) bond motifs is 2. The van der Waals surface area contributed by atoms with Gasteiger partial charge in [-0.05, 0) is 49.3 Å². The highest BCUT2D eigenvalue weighted by Gasteiger charge is 2.48. The molecule has 2 aromatic heterocycles. The summed E-state index contributed by atoms with van der Waals surface area (Å²) in [6, 6.07) is 3.25. The van der Waals surface area contributed by atoms with Crippen molar-refractivity contribution in [3.63, 3.8) is 0 Å². The molecule has 1 aliphatic heterocycles. The van der Waals surface area contributed by atoms with Crippen LogP contribution in [0.4, 0.5) is 17.3 Å². The Hall–Kier alpha value is -3.16. The van der Waals surface area contributed by atoms with E-state index in [4.69, 9.17) is 5.73 Å². The third kappa shape index (κ3) is 2.67. The van der Waals surface area contributed by atoms with E-state index in [0.29, 0.717) is 29.4 Å². The summed E-state index contributed by atoms with van der Waals surface area (Å²) in [5.41, 5.74) is 7.23. The largest absolute Gasteiger partial charge is 0.384 e. The quantitative estimate of drug-likeness (QED) is 0.705. The van der Waals surface area contributed by atoms with Crippen molar-refractivity contribution in [1.29, 1.82) is 0 Å². The van der Waals surface area contributed by atoms with Gasteiger partial charge in [0.15, 0.2) is 0 Å². The zero-order valence-electron chi connectivity index (χ0n) is 16.2. The number of nitrogen functional groups attached to an aromatic ring is 1. The lowest BCUT2D eigenvalue weighted by atomic mass is 9.81. The third-order valence-electron chi connectivity index (χ3n) is 5.47. The number of amides is 1. The molecule has 28 heavy (non-hydrogen) atoms. The summed E-state index contributed by atoms with van der Waals surface area (Å²) in [4.78, 5) is 34.3. The molecule has 0 aromatic carbocycles. The lowest BCUT2D eigenvalue weighted by Crippen LogP contribution is -2.51. The van der Waals surface area contributed by atoms with Crippen molar-refractivity contribution in [2.75, 3.05) is 11.1 Å². The molecule has 0 saturated heterocycles. The van der Waals surface area contributed by atoms with Crippen LogP contribution >= 0.6 is 0 Å². The van der Waals surface area contributed by atoms with Gasteiger partial charge < -0.3 is 16.4 Å². The molecule has 4 rings (SSSR count). The smallest absolute Gasteiger partial charge is 0.277 e. The van der Waals surface area contributed by atoms with E-state index in [9.17, 15) is 9.59 Å². The van der Waals surface area contributed by atoms with Crippen LogP contribution in [0.3, 0.4) is 0 Å². The summed E-state index contributed by atoms with van der Waals surface area (Å²) in [6.07, 6.45) is 6.05. The molecule has 1 spiro atoms. The topological polar surface area (TPSA) is 115 Å². The summed E-state index contributed by atoms with van der Waals surface area (Å²) in [5.74, 6) is 0.734. The van der Waals surface area contributed by atoms with Crippen molar-refractivity contribution in [3.8, 4) is 0 Å². The second-order valence-electron chi connectivity index (χ2n) is 7.70. The number of allylic oxidation sites excluding steroid dienone is 1. The number of anilines is 3. The monoisotopic (exact) mass is 380 g/mol. The first-order valence-electron chi connectivity index (χ1n) is 9.48. The molecule has 1 atom stereocenters. The van der Waals surface area contributed by atoms with Crippen LogP contribution in [-0.2, 0) is 5.66 Å². The summed E-state index contributed by atoms with van der Waals surface area (Å²) in [6.45, 7) is 6.02. The average molecular weight is 380 g/mol. The normalized spacial score (nSPS) is 20.9. The van der Waals surface area contributed by atoms with Crippen LogP contribution in [0.15, 0.2) is 34.9 Å². The van der Waals surface area contributed by atoms with Gasteiger partial charge in [0.2, 0.25) is 0 Å². The van der Waals surface area contributed by atoms with Gasteiger partial charge in [0.25, 0.3) is 11.5 Å². The van der Waals surface area contributed by atoms with Crippen molar-refractivity contribution >= 4 is 23.2 Å². The minimum atomic E-state index is -0.803. The molecule has 8 heteroatoms. The van der Waals surface area contributed by atoms with Crippen molar-refractivity contribution < 1.29 is 4.79 Å². The van der Waals surface area contributed by atoms with Gasteiger partial charge in [-0.1, -0.05) is 19.9 Å². The van der Waals surface area contributed by atoms with Crippen molar-refractivity contribution in [2.45, 2.75) is 45.7 Å². The molecular formula is C20H24N6O2. The maximum atomic E-state index is 13.5. The Morgan fingerprint density at radius 1 is 1.29 bits per heavy atom. The minimum absolute atomic E-state index is 0.206. The predicted molar refractivity (Wildman–Crippen MR) is 107 cm³/mol. The Kier molecular flexibility index (Phi) is 4.21. The van der Waals surface area contributed by atoms with Gasteiger partial charge in [-0.2, -0.15) is 0 Å². The zero-order valence-corrected chi connectivity index (χ0v) is 16.2. The van der Waals surface area contributed by atoms with Crippen LogP contribution in [0.25, 0.3) is 0 Å². The summed E-state index contributed by atoms with van der Waals surface area (Å²) < 4.78 is 1.64. The first-order valence-corrected chi connectivity index (χ1v) is 9.48. The zero-order chi connectivity index (χ0) is 20.1. The minimum Gasteiger partial charge on any atom is -0.384 e. The standard InChI is InChI=1S/C20H24N6O2/c1-11(2)13-6-4-5-7-20(13)25-18(27)17-12(3)8-14(19(28)26(17)20)24-16-9-15(21)22-10-23-16/h6,8-11H,4-5,7H2,1-3H3,(H,25,27)(H3,21,22,23,24). The maximum Gasteiger partial charge on any atom is 0.277 e. The van der Waals surface area contributed by atoms with Crippen LogP contribution in [0.5, 0.6) is 0 Å². The van der Waals surface area contributed by atoms with Gasteiger partial charge in [-0.15, -0.1) is 0 Å². The summed E-state index contributed by atoms with van der Waals surface area (Å²) in [7, 11) is 0. The SMILES string of the molecule is Cc1cc(Nc2cc(N)ncn2)c(=O)n2c1C(=O)NC21CCCC=C1C(C)C. The summed E-state index contributed by atoms with van der Waals surface area (Å²) in [5, 5.41) is 6.17. The molecule has 8 nitrogen and oxygen atoms in total. The van der Waals surface area contributed by atoms with Crippen LogP contribution in [0, 0.1) is 12.8 Å². The van der Waals surface area contributed by atoms with Crippen LogP contribution < -0.4 is 21.9 Å². The number of nitrogens with one attached hydrogen (secondary N) is 2. The van der Waals surface area contributed by atoms with E-state index in [1.807, 2.05) is 6.92 Å². The number of pyridine rings is 1. The molecule has 3 heterocycles. The Balaban J connectivity index is 1.91. The van der Waals surface area contributed by atoms with Crippen molar-refractivity contribution in [1.82, 2.24) is 19.9 Å². The van der Waals surface area contributed by atoms with Gasteiger partial charge in [0.05, 0.1) is 0 Å². The molecular weight excluding hydrogens is 356 g/mol. The lowest BCUT2D eigenvalue weighted by molar-refractivity contribution is 0.0921. The van der Waals surface area contributed by atoms with Gasteiger partial charge in [0.1, 0.15) is 35.0 Å². The molecule has 0 bridgehead atoms. The van der Waals surface area contributed by atoms with E-state index in [0.717, 1.165) is 24.0 Å². The molecule has 4 N–H and O–H groups in total. The average Bonchev–Trinajstić information content (AvgIpc) is 2.92. The van der Waals surface area contributed by atoms with Crippen molar-refractivity contribution in [3.05, 3.63) is 51.7 Å². The fourth-order valence-corrected chi connectivity index (χ4v) is 4.38. The van der Waals surface area contributed by atoms with E-state index in [-0.39, 0.29) is 17.4 Å². The number of hydrogen-bond donors (Lipinski definition) is 3. The summed E-state index contributed by atoms with van der Waals surface area (Å²) >= 11 is 0. The number of aromatic nitrogens is 3. The van der Waals surface area contributed by atoms with Gasteiger partial charge in [-0.3, -0.25) is 14.2 Å². The number of nitrogens with zero attached hydrogens (tertiary/aromatic N) is 3. The van der Waals surface area contributed by atoms with Crippen molar-refractivity contribution in [2.24, 2.45) is 5.92 Å². The highest BCUT2D eigenvalue weighted by Crippen LogP contribution is 2.41. The van der Waals surface area contributed by atoms with Gasteiger partial charge in [-0.25, -0.2) is 9.97 Å². The fourth-order valence-electron chi connectivity index (χ4n) is 4.38. The highest BCUT2D eigenvalue weighted by molar-refractivity contribution is 5.97. The molecule has 0 radical (unpaired) electrons. The van der Waals surface area contributed by atoms with Crippen LogP contribution in [0.2, 0.25) is 0 Å². The van der Waals surface area contributed by atoms with Crippen LogP contribution in [0.1, 0.15) is 49.2 Å². The molecule has 0 fully saturated rings. The Bertz CT molecular complexity index is 1060. The second kappa shape index (κ2) is 6.47. The van der Waals surface area contributed by atoms with Gasteiger partial charge in [0, 0.05) is 6.07 Å². The number of rotatable bonds is 3. The first kappa shape index (κ1) is 18.2. The Morgan fingerprint density at radius 2 is 2.07 bits per heavy atom.